The van der Waals surface area contributed by atoms with Crippen molar-refractivity contribution >= 4 is 29.7 Å². The van der Waals surface area contributed by atoms with Gasteiger partial charge < -0.3 is 18.9 Å². The molecular weight excluding hydrogens is 426 g/mol. The van der Waals surface area contributed by atoms with Crippen LogP contribution in [0.3, 0.4) is 0 Å². The Hall–Kier alpha value is -4.92. The summed E-state index contributed by atoms with van der Waals surface area (Å²) >= 11 is 0. The van der Waals surface area contributed by atoms with E-state index in [4.69, 9.17) is 13.6 Å². The van der Waals surface area contributed by atoms with Gasteiger partial charge >= 0.3 is 5.97 Å². The maximum atomic E-state index is 12.3. The van der Waals surface area contributed by atoms with Crippen LogP contribution >= 0.6 is 0 Å². The van der Waals surface area contributed by atoms with Gasteiger partial charge in [-0.1, -0.05) is 12.1 Å². The molecule has 4 aromatic rings. The van der Waals surface area contributed by atoms with Crippen molar-refractivity contribution in [2.24, 2.45) is 5.10 Å². The largest absolute Gasteiger partial charge is 0.459 e. The van der Waals surface area contributed by atoms with E-state index < -0.39 is 17.8 Å². The number of benzene rings is 2. The summed E-state index contributed by atoms with van der Waals surface area (Å²) in [6.45, 7) is 0. The van der Waals surface area contributed by atoms with Gasteiger partial charge in [-0.2, -0.15) is 5.10 Å². The number of amides is 2. The quantitative estimate of drug-likeness (QED) is 0.192. The molecule has 2 aromatic carbocycles. The summed E-state index contributed by atoms with van der Waals surface area (Å²) in [5, 5.41) is 6.60. The number of hydrogen-bond acceptors (Lipinski definition) is 7. The number of esters is 1. The fraction of sp³-hybridized carbons (Fsp3) is 0. The van der Waals surface area contributed by atoms with Crippen LogP contribution in [-0.2, 0) is 0 Å². The number of nitrogens with zero attached hydrogens (tertiary/aromatic N) is 1. The summed E-state index contributed by atoms with van der Waals surface area (Å²) in [5.74, 6) is -0.994. The number of carbonyl (C=O) groups is 3. The van der Waals surface area contributed by atoms with Crippen molar-refractivity contribution in [1.82, 2.24) is 5.43 Å². The van der Waals surface area contributed by atoms with Crippen molar-refractivity contribution in [2.45, 2.75) is 0 Å². The number of hydrazone groups is 1. The topological polar surface area (TPSA) is 123 Å². The Balaban J connectivity index is 1.35. The standard InChI is InChI=1S/C24H17N3O6/c28-22(16-9-11-18(12-10-16)26-23(29)20-7-3-13-31-20)27-25-15-17-5-1-2-6-19(17)33-24(30)21-8-4-14-32-21/h1-15H,(H,26,29)(H,27,28)/b25-15-. The molecule has 2 aromatic heterocycles. The van der Waals surface area contributed by atoms with Crippen molar-refractivity contribution in [3.63, 3.8) is 0 Å². The lowest BCUT2D eigenvalue weighted by Gasteiger charge is -2.06. The summed E-state index contributed by atoms with van der Waals surface area (Å²) in [7, 11) is 0. The van der Waals surface area contributed by atoms with Crippen LogP contribution in [0, 0.1) is 0 Å². The SMILES string of the molecule is O=C(N/N=C\c1ccccc1OC(=O)c1ccco1)c1ccc(NC(=O)c2ccco2)cc1. The highest BCUT2D eigenvalue weighted by Crippen LogP contribution is 2.18. The molecule has 0 spiro atoms. The van der Waals surface area contributed by atoms with Crippen molar-refractivity contribution in [3.8, 4) is 5.75 Å². The summed E-state index contributed by atoms with van der Waals surface area (Å²) in [5.41, 5.74) is 3.73. The van der Waals surface area contributed by atoms with Gasteiger partial charge in [0.2, 0.25) is 5.76 Å². The lowest BCUT2D eigenvalue weighted by Crippen LogP contribution is -2.18. The maximum absolute atomic E-state index is 12.3. The van der Waals surface area contributed by atoms with Crippen LogP contribution in [0.2, 0.25) is 0 Å². The van der Waals surface area contributed by atoms with Crippen LogP contribution < -0.4 is 15.5 Å². The molecule has 0 saturated heterocycles. The van der Waals surface area contributed by atoms with E-state index in [1.807, 2.05) is 0 Å². The van der Waals surface area contributed by atoms with Gasteiger partial charge in [0, 0.05) is 16.8 Å². The molecule has 33 heavy (non-hydrogen) atoms. The zero-order valence-electron chi connectivity index (χ0n) is 17.1. The number of furan rings is 2. The smallest absolute Gasteiger partial charge is 0.379 e. The predicted molar refractivity (Wildman–Crippen MR) is 118 cm³/mol. The average Bonchev–Trinajstić information content (AvgIpc) is 3.55. The molecule has 0 aliphatic rings. The van der Waals surface area contributed by atoms with Crippen molar-refractivity contribution in [1.29, 1.82) is 0 Å². The average molecular weight is 443 g/mol. The van der Waals surface area contributed by atoms with E-state index in [0.29, 0.717) is 16.8 Å². The lowest BCUT2D eigenvalue weighted by atomic mass is 10.2. The van der Waals surface area contributed by atoms with E-state index in [-0.39, 0.29) is 17.3 Å². The Bertz CT molecular complexity index is 1280. The Labute approximate surface area is 187 Å². The van der Waals surface area contributed by atoms with Crippen LogP contribution in [0.15, 0.2) is 99.3 Å². The monoisotopic (exact) mass is 443 g/mol. The first kappa shape index (κ1) is 21.3. The molecule has 0 aliphatic heterocycles. The van der Waals surface area contributed by atoms with Gasteiger partial charge in [-0.05, 0) is 60.7 Å². The fourth-order valence-electron chi connectivity index (χ4n) is 2.76. The van der Waals surface area contributed by atoms with Gasteiger partial charge in [0.15, 0.2) is 5.76 Å². The van der Waals surface area contributed by atoms with Crippen molar-refractivity contribution in [2.75, 3.05) is 5.32 Å². The maximum Gasteiger partial charge on any atom is 0.379 e. The third kappa shape index (κ3) is 5.42. The van der Waals surface area contributed by atoms with E-state index in [0.717, 1.165) is 0 Å². The van der Waals surface area contributed by atoms with E-state index in [1.54, 1.807) is 66.7 Å². The molecule has 0 aliphatic carbocycles. The third-order valence-electron chi connectivity index (χ3n) is 4.36. The van der Waals surface area contributed by atoms with Gasteiger partial charge in [-0.25, -0.2) is 10.2 Å². The minimum atomic E-state index is -0.649. The molecule has 0 fully saturated rings. The minimum Gasteiger partial charge on any atom is -0.459 e. The Morgan fingerprint density at radius 3 is 2.18 bits per heavy atom. The van der Waals surface area contributed by atoms with Crippen LogP contribution in [-0.4, -0.2) is 24.0 Å². The van der Waals surface area contributed by atoms with Crippen LogP contribution in [0.1, 0.15) is 37.0 Å². The van der Waals surface area contributed by atoms with Gasteiger partial charge in [-0.15, -0.1) is 0 Å². The summed E-state index contributed by atoms with van der Waals surface area (Å²) in [4.78, 5) is 36.4. The summed E-state index contributed by atoms with van der Waals surface area (Å²) < 4.78 is 15.4. The Kier molecular flexibility index (Phi) is 6.41. The zero-order valence-corrected chi connectivity index (χ0v) is 17.1. The molecule has 0 radical (unpaired) electrons. The van der Waals surface area contributed by atoms with Gasteiger partial charge in [0.1, 0.15) is 5.75 Å². The van der Waals surface area contributed by atoms with Gasteiger partial charge in [-0.3, -0.25) is 9.59 Å². The first-order valence-electron chi connectivity index (χ1n) is 9.73. The number of carbonyl (C=O) groups excluding carboxylic acids is 3. The Morgan fingerprint density at radius 1 is 0.788 bits per heavy atom. The highest BCUT2D eigenvalue weighted by Gasteiger charge is 2.13. The molecule has 164 valence electrons. The molecule has 2 amide bonds. The highest BCUT2D eigenvalue weighted by atomic mass is 16.5. The van der Waals surface area contributed by atoms with E-state index in [2.05, 4.69) is 15.8 Å². The summed E-state index contributed by atoms with van der Waals surface area (Å²) in [6.07, 6.45) is 4.14. The molecule has 0 unspecified atom stereocenters. The molecule has 9 heteroatoms. The normalized spacial score (nSPS) is 10.7. The lowest BCUT2D eigenvalue weighted by molar-refractivity contribution is 0.0700. The number of rotatable bonds is 7. The predicted octanol–water partition coefficient (Wildman–Crippen LogP) is 4.11. The molecular formula is C24H17N3O6. The second-order valence-corrected chi connectivity index (χ2v) is 6.61. The highest BCUT2D eigenvalue weighted by molar-refractivity contribution is 6.02. The summed E-state index contributed by atoms with van der Waals surface area (Å²) in [6, 6.07) is 19.2. The van der Waals surface area contributed by atoms with Crippen molar-refractivity contribution in [3.05, 3.63) is 108 Å². The number of hydrogen-bond donors (Lipinski definition) is 2. The van der Waals surface area contributed by atoms with Crippen LogP contribution in [0.25, 0.3) is 0 Å². The van der Waals surface area contributed by atoms with E-state index in [9.17, 15) is 14.4 Å². The second-order valence-electron chi connectivity index (χ2n) is 6.61. The number of para-hydroxylation sites is 1. The molecule has 4 rings (SSSR count). The molecule has 2 N–H and O–H groups in total. The molecule has 0 atom stereocenters. The first-order valence-corrected chi connectivity index (χ1v) is 9.73. The molecule has 2 heterocycles. The minimum absolute atomic E-state index is 0.0684. The second kappa shape index (κ2) is 9.92. The number of ether oxygens (including phenoxy) is 1. The molecule has 0 saturated carbocycles. The third-order valence-corrected chi connectivity index (χ3v) is 4.36. The van der Waals surface area contributed by atoms with Crippen LogP contribution in [0.4, 0.5) is 5.69 Å². The van der Waals surface area contributed by atoms with E-state index >= 15 is 0 Å². The fourth-order valence-corrected chi connectivity index (χ4v) is 2.76. The van der Waals surface area contributed by atoms with E-state index in [1.165, 1.54) is 24.8 Å². The van der Waals surface area contributed by atoms with Crippen molar-refractivity contribution < 1.29 is 28.0 Å². The number of anilines is 1. The molecule has 0 bridgehead atoms. The first-order chi connectivity index (χ1) is 16.1. The Morgan fingerprint density at radius 2 is 1.48 bits per heavy atom. The zero-order chi connectivity index (χ0) is 23.0. The molecule has 9 nitrogen and oxygen atoms in total. The number of nitrogens with one attached hydrogen (secondary N) is 2. The van der Waals surface area contributed by atoms with Gasteiger partial charge in [0.25, 0.3) is 11.8 Å². The van der Waals surface area contributed by atoms with Gasteiger partial charge in [0.05, 0.1) is 18.7 Å². The van der Waals surface area contributed by atoms with Crippen LogP contribution in [0.5, 0.6) is 5.75 Å².